The number of nitrogens with zero attached hydrogens (tertiary/aromatic N) is 1. The maximum absolute atomic E-state index is 3.73. The summed E-state index contributed by atoms with van der Waals surface area (Å²) in [6.07, 6.45) is 1.17. The lowest BCUT2D eigenvalue weighted by Crippen LogP contribution is -2.31. The normalized spacial score (nSPS) is 11.4. The van der Waals surface area contributed by atoms with Gasteiger partial charge in [0, 0.05) is 29.8 Å². The summed E-state index contributed by atoms with van der Waals surface area (Å²) in [5.41, 5.74) is 2.66. The number of nitrogens with one attached hydrogen (secondary N) is 1. The smallest absolute Gasteiger partial charge is 0.0377 e. The Labute approximate surface area is 139 Å². The van der Waals surface area contributed by atoms with E-state index in [-0.39, 0.29) is 0 Å². The Hall–Kier alpha value is -0.540. The van der Waals surface area contributed by atoms with Crippen molar-refractivity contribution in [3.63, 3.8) is 0 Å². The van der Waals surface area contributed by atoms with Gasteiger partial charge in [-0.05, 0) is 42.5 Å². The predicted octanol–water partition coefficient (Wildman–Crippen LogP) is 5.07. The first kappa shape index (κ1) is 18.5. The molecule has 120 valence electrons. The van der Waals surface area contributed by atoms with Crippen LogP contribution in [-0.4, -0.2) is 19.6 Å². The molecule has 0 aliphatic rings. The molecule has 0 radical (unpaired) electrons. The zero-order valence-corrected chi connectivity index (χ0v) is 15.8. The van der Waals surface area contributed by atoms with Gasteiger partial charge in [-0.3, -0.25) is 0 Å². The second-order valence-corrected chi connectivity index (χ2v) is 7.50. The molecular weight excluding hydrogens is 324 g/mol. The topological polar surface area (TPSA) is 15.3 Å². The Morgan fingerprint density at radius 2 is 1.71 bits per heavy atom. The third-order valence-corrected chi connectivity index (χ3v) is 4.05. The molecule has 0 aromatic heterocycles. The van der Waals surface area contributed by atoms with Gasteiger partial charge in [0.05, 0.1) is 0 Å². The van der Waals surface area contributed by atoms with Crippen LogP contribution in [0.3, 0.4) is 0 Å². The van der Waals surface area contributed by atoms with E-state index in [1.807, 2.05) is 0 Å². The molecule has 21 heavy (non-hydrogen) atoms. The highest BCUT2D eigenvalue weighted by molar-refractivity contribution is 9.10. The first-order valence-electron chi connectivity index (χ1n) is 8.18. The number of anilines is 1. The minimum absolute atomic E-state index is 0.674. The molecule has 2 nitrogen and oxygen atoms in total. The van der Waals surface area contributed by atoms with Crippen LogP contribution in [0.5, 0.6) is 0 Å². The molecule has 0 amide bonds. The molecular formula is C18H31BrN2. The fraction of sp³-hybridized carbons (Fsp3) is 0.667. The van der Waals surface area contributed by atoms with Crippen molar-refractivity contribution in [2.75, 3.05) is 24.5 Å². The number of hydrogen-bond donors (Lipinski definition) is 1. The zero-order chi connectivity index (χ0) is 15.8. The summed E-state index contributed by atoms with van der Waals surface area (Å²) >= 11 is 3.73. The minimum atomic E-state index is 0.674. The van der Waals surface area contributed by atoms with E-state index in [2.05, 4.69) is 79.0 Å². The molecule has 0 unspecified atom stereocenters. The van der Waals surface area contributed by atoms with Crippen LogP contribution in [0.25, 0.3) is 0 Å². The molecule has 3 heteroatoms. The maximum atomic E-state index is 3.73. The molecule has 1 rings (SSSR count). The first-order valence-corrected chi connectivity index (χ1v) is 8.97. The van der Waals surface area contributed by atoms with Gasteiger partial charge in [0.2, 0.25) is 0 Å². The van der Waals surface area contributed by atoms with Crippen LogP contribution in [0.15, 0.2) is 22.7 Å². The van der Waals surface area contributed by atoms with Crippen LogP contribution >= 0.6 is 15.9 Å². The number of halogens is 1. The average molecular weight is 355 g/mol. The summed E-state index contributed by atoms with van der Waals surface area (Å²) < 4.78 is 1.21. The molecule has 0 aliphatic heterocycles. The van der Waals surface area contributed by atoms with Crippen molar-refractivity contribution < 1.29 is 0 Å². The van der Waals surface area contributed by atoms with E-state index in [0.717, 1.165) is 26.2 Å². The van der Waals surface area contributed by atoms with Gasteiger partial charge in [-0.25, -0.2) is 0 Å². The van der Waals surface area contributed by atoms with Gasteiger partial charge in [0.25, 0.3) is 0 Å². The van der Waals surface area contributed by atoms with Gasteiger partial charge >= 0.3 is 0 Å². The van der Waals surface area contributed by atoms with E-state index >= 15 is 0 Å². The quantitative estimate of drug-likeness (QED) is 0.623. The number of hydrogen-bond acceptors (Lipinski definition) is 2. The van der Waals surface area contributed by atoms with Crippen LogP contribution in [0.2, 0.25) is 0 Å². The Kier molecular flexibility index (Phi) is 8.35. The molecule has 1 aromatic carbocycles. The van der Waals surface area contributed by atoms with Crippen LogP contribution in [0.1, 0.15) is 46.6 Å². The van der Waals surface area contributed by atoms with Gasteiger partial charge in [0.15, 0.2) is 0 Å². The molecule has 0 aliphatic carbocycles. The van der Waals surface area contributed by atoms with Gasteiger partial charge in [-0.15, -0.1) is 0 Å². The van der Waals surface area contributed by atoms with Gasteiger partial charge < -0.3 is 10.2 Å². The maximum Gasteiger partial charge on any atom is 0.0377 e. The van der Waals surface area contributed by atoms with Crippen molar-refractivity contribution in [1.82, 2.24) is 5.32 Å². The van der Waals surface area contributed by atoms with Gasteiger partial charge in [-0.2, -0.15) is 0 Å². The van der Waals surface area contributed by atoms with Crippen molar-refractivity contribution in [2.24, 2.45) is 11.8 Å². The lowest BCUT2D eigenvalue weighted by atomic mass is 10.1. The lowest BCUT2D eigenvalue weighted by molar-refractivity contribution is 0.552. The molecule has 0 heterocycles. The van der Waals surface area contributed by atoms with Crippen molar-refractivity contribution in [3.05, 3.63) is 28.2 Å². The molecule has 0 saturated carbocycles. The molecule has 1 N–H and O–H groups in total. The predicted molar refractivity (Wildman–Crippen MR) is 98.0 cm³/mol. The second kappa shape index (κ2) is 9.47. The Morgan fingerprint density at radius 1 is 1.10 bits per heavy atom. The van der Waals surface area contributed by atoms with Crippen LogP contribution in [0.4, 0.5) is 5.69 Å². The molecule has 0 bridgehead atoms. The van der Waals surface area contributed by atoms with Crippen molar-refractivity contribution in [3.8, 4) is 0 Å². The van der Waals surface area contributed by atoms with E-state index in [9.17, 15) is 0 Å². The number of benzene rings is 1. The standard InChI is InChI=1S/C18H31BrN2/c1-6-9-20-11-16-7-8-17(10-18(16)19)21(12-14(2)3)13-15(4)5/h7-8,10,14-15,20H,6,9,11-13H2,1-5H3. The highest BCUT2D eigenvalue weighted by Gasteiger charge is 2.12. The Morgan fingerprint density at radius 3 is 2.19 bits per heavy atom. The molecule has 0 spiro atoms. The molecule has 0 fully saturated rings. The first-order chi connectivity index (χ1) is 9.93. The summed E-state index contributed by atoms with van der Waals surface area (Å²) in [5.74, 6) is 1.35. The molecule has 1 aromatic rings. The van der Waals surface area contributed by atoms with E-state index in [1.54, 1.807) is 0 Å². The van der Waals surface area contributed by atoms with Gasteiger partial charge in [-0.1, -0.05) is 56.6 Å². The summed E-state index contributed by atoms with van der Waals surface area (Å²) in [6, 6.07) is 6.78. The SMILES string of the molecule is CCCNCc1ccc(N(CC(C)C)CC(C)C)cc1Br. The zero-order valence-electron chi connectivity index (χ0n) is 14.2. The molecule has 0 atom stereocenters. The van der Waals surface area contributed by atoms with E-state index in [4.69, 9.17) is 0 Å². The lowest BCUT2D eigenvalue weighted by Gasteiger charge is -2.29. The summed E-state index contributed by atoms with van der Waals surface area (Å²) in [6.45, 7) is 15.6. The Balaban J connectivity index is 2.81. The summed E-state index contributed by atoms with van der Waals surface area (Å²) in [5, 5.41) is 3.46. The molecule has 0 saturated heterocycles. The van der Waals surface area contributed by atoms with Gasteiger partial charge in [0.1, 0.15) is 0 Å². The van der Waals surface area contributed by atoms with E-state index in [1.165, 1.54) is 22.1 Å². The third-order valence-electron chi connectivity index (χ3n) is 3.32. The largest absolute Gasteiger partial charge is 0.371 e. The van der Waals surface area contributed by atoms with Crippen molar-refractivity contribution in [1.29, 1.82) is 0 Å². The minimum Gasteiger partial charge on any atom is -0.371 e. The highest BCUT2D eigenvalue weighted by Crippen LogP contribution is 2.25. The second-order valence-electron chi connectivity index (χ2n) is 6.65. The average Bonchev–Trinajstić information content (AvgIpc) is 2.39. The third kappa shape index (κ3) is 6.84. The van der Waals surface area contributed by atoms with Crippen molar-refractivity contribution in [2.45, 2.75) is 47.6 Å². The van der Waals surface area contributed by atoms with Crippen LogP contribution in [0, 0.1) is 11.8 Å². The number of rotatable bonds is 9. The monoisotopic (exact) mass is 354 g/mol. The Bertz CT molecular complexity index is 406. The van der Waals surface area contributed by atoms with E-state index < -0.39 is 0 Å². The highest BCUT2D eigenvalue weighted by atomic mass is 79.9. The van der Waals surface area contributed by atoms with Crippen molar-refractivity contribution >= 4 is 21.6 Å². The fourth-order valence-corrected chi connectivity index (χ4v) is 2.95. The van der Waals surface area contributed by atoms with E-state index in [0.29, 0.717) is 11.8 Å². The fourth-order valence-electron chi connectivity index (χ4n) is 2.44. The summed E-state index contributed by atoms with van der Waals surface area (Å²) in [7, 11) is 0. The summed E-state index contributed by atoms with van der Waals surface area (Å²) in [4.78, 5) is 2.50. The van der Waals surface area contributed by atoms with Crippen LogP contribution < -0.4 is 10.2 Å². The van der Waals surface area contributed by atoms with Crippen LogP contribution in [-0.2, 0) is 6.54 Å².